The van der Waals surface area contributed by atoms with E-state index in [1.54, 1.807) is 11.3 Å². The lowest BCUT2D eigenvalue weighted by atomic mass is 10.1. The molecule has 0 aliphatic rings. The molecule has 0 fully saturated rings. The summed E-state index contributed by atoms with van der Waals surface area (Å²) >= 11 is 7.56. The smallest absolute Gasteiger partial charge is 0.123 e. The van der Waals surface area contributed by atoms with Crippen molar-refractivity contribution in [3.63, 3.8) is 0 Å². The summed E-state index contributed by atoms with van der Waals surface area (Å²) in [7, 11) is 0. The van der Waals surface area contributed by atoms with Crippen molar-refractivity contribution in [2.75, 3.05) is 6.61 Å². The Bertz CT molecular complexity index is 743. The molecule has 0 amide bonds. The van der Waals surface area contributed by atoms with Crippen molar-refractivity contribution in [1.82, 2.24) is 10.3 Å². The van der Waals surface area contributed by atoms with E-state index in [9.17, 15) is 5.11 Å². The summed E-state index contributed by atoms with van der Waals surface area (Å²) in [5.41, 5.74) is 2.14. The largest absolute Gasteiger partial charge is 0.394 e. The Morgan fingerprint density at radius 2 is 1.83 bits per heavy atom. The molecule has 3 aromatic rings. The number of hydrogen-bond donors (Lipinski definition) is 2. The van der Waals surface area contributed by atoms with Gasteiger partial charge in [-0.1, -0.05) is 54.1 Å². The predicted molar refractivity (Wildman–Crippen MR) is 95.7 cm³/mol. The highest BCUT2D eigenvalue weighted by atomic mass is 35.5. The summed E-state index contributed by atoms with van der Waals surface area (Å²) in [4.78, 5) is 5.61. The van der Waals surface area contributed by atoms with E-state index in [-0.39, 0.29) is 12.6 Å². The number of hydrogen-bond acceptors (Lipinski definition) is 4. The van der Waals surface area contributed by atoms with Crippen LogP contribution >= 0.6 is 22.9 Å². The number of rotatable bonds is 6. The number of aliphatic hydroxyl groups is 1. The van der Waals surface area contributed by atoms with E-state index in [4.69, 9.17) is 11.6 Å². The molecule has 1 atom stereocenters. The van der Waals surface area contributed by atoms with Gasteiger partial charge >= 0.3 is 0 Å². The Morgan fingerprint density at radius 3 is 2.52 bits per heavy atom. The molecular formula is C18H17ClN2OS. The van der Waals surface area contributed by atoms with Crippen LogP contribution in [0.1, 0.15) is 16.5 Å². The third-order valence-corrected chi connectivity index (χ3v) is 4.85. The first kappa shape index (κ1) is 16.1. The van der Waals surface area contributed by atoms with Crippen molar-refractivity contribution in [1.29, 1.82) is 0 Å². The SMILES string of the molecule is OCC(NCc1cnc(-c2ccccc2)s1)c1ccc(Cl)cc1. The topological polar surface area (TPSA) is 45.1 Å². The van der Waals surface area contributed by atoms with Gasteiger partial charge in [-0.3, -0.25) is 0 Å². The van der Waals surface area contributed by atoms with E-state index in [2.05, 4.69) is 22.4 Å². The van der Waals surface area contributed by atoms with E-state index >= 15 is 0 Å². The van der Waals surface area contributed by atoms with Crippen LogP contribution < -0.4 is 5.32 Å². The van der Waals surface area contributed by atoms with Crippen molar-refractivity contribution < 1.29 is 5.11 Å². The fraction of sp³-hybridized carbons (Fsp3) is 0.167. The first-order valence-electron chi connectivity index (χ1n) is 7.36. The van der Waals surface area contributed by atoms with E-state index in [0.717, 1.165) is 21.0 Å². The standard InChI is InChI=1S/C18H17ClN2OS/c19-15-8-6-13(7-9-15)17(12-22)20-10-16-11-21-18(23-16)14-4-2-1-3-5-14/h1-9,11,17,20,22H,10,12H2. The zero-order valence-corrected chi connectivity index (χ0v) is 14.0. The van der Waals surface area contributed by atoms with Gasteiger partial charge in [0.25, 0.3) is 0 Å². The Hall–Kier alpha value is -1.72. The average molecular weight is 345 g/mol. The third-order valence-electron chi connectivity index (χ3n) is 3.55. The van der Waals surface area contributed by atoms with Gasteiger partial charge in [0.2, 0.25) is 0 Å². The zero-order valence-electron chi connectivity index (χ0n) is 12.4. The Balaban J connectivity index is 1.65. The highest BCUT2D eigenvalue weighted by Crippen LogP contribution is 2.25. The summed E-state index contributed by atoms with van der Waals surface area (Å²) in [6.07, 6.45) is 1.89. The van der Waals surface area contributed by atoms with Gasteiger partial charge in [-0.05, 0) is 17.7 Å². The Morgan fingerprint density at radius 1 is 1.09 bits per heavy atom. The minimum absolute atomic E-state index is 0.0337. The maximum absolute atomic E-state index is 9.60. The van der Waals surface area contributed by atoms with Crippen LogP contribution in [0, 0.1) is 0 Å². The van der Waals surface area contributed by atoms with Gasteiger partial charge in [0.1, 0.15) is 5.01 Å². The van der Waals surface area contributed by atoms with Gasteiger partial charge in [0, 0.05) is 28.2 Å². The quantitative estimate of drug-likeness (QED) is 0.701. The lowest BCUT2D eigenvalue weighted by Gasteiger charge is -2.16. The highest BCUT2D eigenvalue weighted by molar-refractivity contribution is 7.15. The van der Waals surface area contributed by atoms with Crippen LogP contribution in [-0.4, -0.2) is 16.7 Å². The predicted octanol–water partition coefficient (Wildman–Crippen LogP) is 4.29. The molecule has 1 unspecified atom stereocenters. The fourth-order valence-electron chi connectivity index (χ4n) is 2.31. The molecule has 2 aromatic carbocycles. The maximum atomic E-state index is 9.60. The van der Waals surface area contributed by atoms with Crippen molar-refractivity contribution in [3.05, 3.63) is 76.3 Å². The number of aliphatic hydroxyl groups excluding tert-OH is 1. The minimum Gasteiger partial charge on any atom is -0.394 e. The monoisotopic (exact) mass is 344 g/mol. The summed E-state index contributed by atoms with van der Waals surface area (Å²) < 4.78 is 0. The van der Waals surface area contributed by atoms with Crippen molar-refractivity contribution in [2.45, 2.75) is 12.6 Å². The highest BCUT2D eigenvalue weighted by Gasteiger charge is 2.11. The number of thiazole rings is 1. The van der Waals surface area contributed by atoms with Gasteiger partial charge in [-0.25, -0.2) is 4.98 Å². The van der Waals surface area contributed by atoms with Gasteiger partial charge in [-0.2, -0.15) is 0 Å². The third kappa shape index (κ3) is 4.18. The summed E-state index contributed by atoms with van der Waals surface area (Å²) in [6.45, 7) is 0.699. The molecule has 0 aliphatic heterocycles. The molecule has 0 saturated carbocycles. The molecule has 0 bridgehead atoms. The molecular weight excluding hydrogens is 328 g/mol. The molecule has 1 heterocycles. The fourth-order valence-corrected chi connectivity index (χ4v) is 3.30. The normalized spacial score (nSPS) is 12.3. The van der Waals surface area contributed by atoms with Crippen LogP contribution in [0.5, 0.6) is 0 Å². The van der Waals surface area contributed by atoms with Crippen molar-refractivity contribution in [2.24, 2.45) is 0 Å². The summed E-state index contributed by atoms with van der Waals surface area (Å²) in [5.74, 6) is 0. The van der Waals surface area contributed by atoms with Crippen LogP contribution in [0.3, 0.4) is 0 Å². The van der Waals surface area contributed by atoms with Gasteiger partial charge in [-0.15, -0.1) is 11.3 Å². The second-order valence-electron chi connectivity index (χ2n) is 5.17. The number of benzene rings is 2. The Kier molecular flexibility index (Phi) is 5.41. The van der Waals surface area contributed by atoms with Crippen LogP contribution in [0.15, 0.2) is 60.8 Å². The molecule has 0 spiro atoms. The van der Waals surface area contributed by atoms with Crippen LogP contribution in [0.4, 0.5) is 0 Å². The van der Waals surface area contributed by atoms with Crippen molar-refractivity contribution in [3.8, 4) is 10.6 Å². The van der Waals surface area contributed by atoms with Crippen LogP contribution in [0.25, 0.3) is 10.6 Å². The van der Waals surface area contributed by atoms with Gasteiger partial charge in [0.05, 0.1) is 12.6 Å². The summed E-state index contributed by atoms with van der Waals surface area (Å²) in [5, 5.41) is 14.7. The van der Waals surface area contributed by atoms with E-state index < -0.39 is 0 Å². The molecule has 0 radical (unpaired) electrons. The minimum atomic E-state index is -0.116. The van der Waals surface area contributed by atoms with Crippen molar-refractivity contribution >= 4 is 22.9 Å². The molecule has 1 aromatic heterocycles. The van der Waals surface area contributed by atoms with E-state index in [1.807, 2.05) is 48.7 Å². The Labute approximate surface area is 144 Å². The molecule has 23 heavy (non-hydrogen) atoms. The molecule has 0 aliphatic carbocycles. The maximum Gasteiger partial charge on any atom is 0.123 e. The number of aromatic nitrogens is 1. The molecule has 0 saturated heterocycles. The van der Waals surface area contributed by atoms with E-state index in [1.165, 1.54) is 0 Å². The molecule has 3 nitrogen and oxygen atoms in total. The second kappa shape index (κ2) is 7.70. The van der Waals surface area contributed by atoms with E-state index in [0.29, 0.717) is 11.6 Å². The first-order valence-corrected chi connectivity index (χ1v) is 8.55. The number of halogens is 1. The summed E-state index contributed by atoms with van der Waals surface area (Å²) in [6, 6.07) is 17.5. The van der Waals surface area contributed by atoms with Gasteiger partial charge in [0.15, 0.2) is 0 Å². The second-order valence-corrected chi connectivity index (χ2v) is 6.72. The van der Waals surface area contributed by atoms with Gasteiger partial charge < -0.3 is 10.4 Å². The zero-order chi connectivity index (χ0) is 16.1. The number of nitrogens with zero attached hydrogens (tertiary/aromatic N) is 1. The lowest BCUT2D eigenvalue weighted by molar-refractivity contribution is 0.244. The molecule has 5 heteroatoms. The molecule has 2 N–H and O–H groups in total. The van der Waals surface area contributed by atoms with Crippen LogP contribution in [0.2, 0.25) is 5.02 Å². The van der Waals surface area contributed by atoms with Crippen LogP contribution in [-0.2, 0) is 6.54 Å². The molecule has 3 rings (SSSR count). The molecule has 118 valence electrons. The lowest BCUT2D eigenvalue weighted by Crippen LogP contribution is -2.23. The number of nitrogens with one attached hydrogen (secondary N) is 1. The first-order chi connectivity index (χ1) is 11.3. The average Bonchev–Trinajstić information content (AvgIpc) is 3.07.